The third-order valence-electron chi connectivity index (χ3n) is 3.98. The van der Waals surface area contributed by atoms with Gasteiger partial charge in [-0.15, -0.1) is 0 Å². The van der Waals surface area contributed by atoms with Gasteiger partial charge in [0.15, 0.2) is 0 Å². The summed E-state index contributed by atoms with van der Waals surface area (Å²) in [6.45, 7) is 0.886. The van der Waals surface area contributed by atoms with Crippen LogP contribution in [0.25, 0.3) is 0 Å². The summed E-state index contributed by atoms with van der Waals surface area (Å²) in [5, 5.41) is 4.01. The predicted molar refractivity (Wildman–Crippen MR) is 85.3 cm³/mol. The van der Waals surface area contributed by atoms with Gasteiger partial charge >= 0.3 is 0 Å². The van der Waals surface area contributed by atoms with Gasteiger partial charge in [0.1, 0.15) is 5.82 Å². The molecule has 3 heteroatoms. The molecule has 1 unspecified atom stereocenters. The Kier molecular flexibility index (Phi) is 4.57. The van der Waals surface area contributed by atoms with Crippen LogP contribution in [0.4, 0.5) is 4.39 Å². The van der Waals surface area contributed by atoms with E-state index in [-0.39, 0.29) is 11.7 Å². The van der Waals surface area contributed by atoms with Crippen LogP contribution in [0.15, 0.2) is 48.5 Å². The number of nitrogens with one attached hydrogen (secondary N) is 1. The Labute approximate surface area is 130 Å². The Morgan fingerprint density at radius 1 is 1.14 bits per heavy atom. The topological polar surface area (TPSA) is 12.0 Å². The molecule has 0 aliphatic heterocycles. The first-order chi connectivity index (χ1) is 10.2. The third-order valence-corrected chi connectivity index (χ3v) is 4.22. The van der Waals surface area contributed by atoms with E-state index in [1.807, 2.05) is 18.2 Å². The van der Waals surface area contributed by atoms with E-state index in [0.29, 0.717) is 17.5 Å². The Balaban J connectivity index is 1.77. The van der Waals surface area contributed by atoms with Crippen LogP contribution in [-0.2, 0) is 6.42 Å². The van der Waals surface area contributed by atoms with E-state index in [1.165, 1.54) is 24.5 Å². The molecule has 0 heterocycles. The molecule has 3 rings (SSSR count). The fourth-order valence-electron chi connectivity index (χ4n) is 2.58. The molecule has 0 aromatic heterocycles. The number of benzene rings is 2. The lowest BCUT2D eigenvalue weighted by Crippen LogP contribution is -2.25. The zero-order valence-electron chi connectivity index (χ0n) is 11.9. The van der Waals surface area contributed by atoms with Crippen LogP contribution in [0.3, 0.4) is 0 Å². The fourth-order valence-corrected chi connectivity index (χ4v) is 2.74. The van der Waals surface area contributed by atoms with Crippen molar-refractivity contribution >= 4 is 11.6 Å². The van der Waals surface area contributed by atoms with Gasteiger partial charge in [-0.3, -0.25) is 0 Å². The van der Waals surface area contributed by atoms with Crippen molar-refractivity contribution in [1.29, 1.82) is 0 Å². The molecule has 1 saturated carbocycles. The van der Waals surface area contributed by atoms with Crippen molar-refractivity contribution in [2.75, 3.05) is 6.54 Å². The van der Waals surface area contributed by atoms with E-state index < -0.39 is 0 Å². The lowest BCUT2D eigenvalue weighted by atomic mass is 9.91. The first-order valence-corrected chi connectivity index (χ1v) is 7.82. The maximum atomic E-state index is 14.0. The van der Waals surface area contributed by atoms with Crippen molar-refractivity contribution in [3.05, 3.63) is 70.5 Å². The molecule has 21 heavy (non-hydrogen) atoms. The molecule has 1 aliphatic rings. The highest BCUT2D eigenvalue weighted by atomic mass is 35.5. The maximum Gasteiger partial charge on any atom is 0.127 e. The van der Waals surface area contributed by atoms with E-state index in [4.69, 9.17) is 11.6 Å². The Morgan fingerprint density at radius 3 is 2.57 bits per heavy atom. The highest BCUT2D eigenvalue weighted by molar-refractivity contribution is 6.30. The van der Waals surface area contributed by atoms with Crippen molar-refractivity contribution < 1.29 is 4.39 Å². The standard InChI is InChI=1S/C18H19ClFN/c19-16-7-6-14(18(20)11-16)10-15(12-21-17-8-9-17)13-4-2-1-3-5-13/h1-7,11,15,17,21H,8-10,12H2. The van der Waals surface area contributed by atoms with Crippen LogP contribution in [0, 0.1) is 5.82 Å². The van der Waals surface area contributed by atoms with Crippen molar-refractivity contribution in [1.82, 2.24) is 5.32 Å². The van der Waals surface area contributed by atoms with Gasteiger partial charge < -0.3 is 5.32 Å². The molecule has 0 bridgehead atoms. The molecule has 1 N–H and O–H groups in total. The van der Waals surface area contributed by atoms with E-state index >= 15 is 0 Å². The molecule has 0 spiro atoms. The Morgan fingerprint density at radius 2 is 1.90 bits per heavy atom. The van der Waals surface area contributed by atoms with Gasteiger partial charge in [-0.25, -0.2) is 4.39 Å². The molecule has 1 nitrogen and oxygen atoms in total. The van der Waals surface area contributed by atoms with Crippen molar-refractivity contribution in [2.24, 2.45) is 0 Å². The molecular formula is C18H19ClFN. The summed E-state index contributed by atoms with van der Waals surface area (Å²) in [4.78, 5) is 0. The lowest BCUT2D eigenvalue weighted by molar-refractivity contribution is 0.552. The second-order valence-corrected chi connectivity index (χ2v) is 6.17. The van der Waals surface area contributed by atoms with Crippen LogP contribution >= 0.6 is 11.6 Å². The first-order valence-electron chi connectivity index (χ1n) is 7.44. The zero-order chi connectivity index (χ0) is 14.7. The van der Waals surface area contributed by atoms with Gasteiger partial charge in [-0.1, -0.05) is 48.0 Å². The minimum Gasteiger partial charge on any atom is -0.313 e. The molecule has 0 amide bonds. The zero-order valence-corrected chi connectivity index (χ0v) is 12.6. The summed E-state index contributed by atoms with van der Waals surface area (Å²) in [5.74, 6) is 0.0670. The number of halogens is 2. The summed E-state index contributed by atoms with van der Waals surface area (Å²) >= 11 is 5.83. The highest BCUT2D eigenvalue weighted by Crippen LogP contribution is 2.25. The van der Waals surface area contributed by atoms with E-state index in [1.54, 1.807) is 12.1 Å². The normalized spacial score (nSPS) is 15.9. The number of hydrogen-bond donors (Lipinski definition) is 1. The molecule has 2 aromatic rings. The molecule has 1 fully saturated rings. The molecule has 0 radical (unpaired) electrons. The average Bonchev–Trinajstić information content (AvgIpc) is 3.31. The van der Waals surface area contributed by atoms with E-state index in [0.717, 1.165) is 12.1 Å². The molecule has 1 aliphatic carbocycles. The van der Waals surface area contributed by atoms with E-state index in [9.17, 15) is 4.39 Å². The molecular weight excluding hydrogens is 285 g/mol. The second kappa shape index (κ2) is 6.59. The smallest absolute Gasteiger partial charge is 0.127 e. The lowest BCUT2D eigenvalue weighted by Gasteiger charge is -2.19. The van der Waals surface area contributed by atoms with Gasteiger partial charge in [-0.2, -0.15) is 0 Å². The largest absolute Gasteiger partial charge is 0.313 e. The van der Waals surface area contributed by atoms with Gasteiger partial charge in [0.25, 0.3) is 0 Å². The van der Waals surface area contributed by atoms with Crippen LogP contribution in [0.5, 0.6) is 0 Å². The van der Waals surface area contributed by atoms with Crippen molar-refractivity contribution in [3.8, 4) is 0 Å². The van der Waals surface area contributed by atoms with Crippen LogP contribution in [0.1, 0.15) is 29.9 Å². The maximum absolute atomic E-state index is 14.0. The summed E-state index contributed by atoms with van der Waals surface area (Å²) < 4.78 is 14.0. The summed E-state index contributed by atoms with van der Waals surface area (Å²) in [6, 6.07) is 15.9. The van der Waals surface area contributed by atoms with Crippen molar-refractivity contribution in [2.45, 2.75) is 31.2 Å². The molecule has 2 aromatic carbocycles. The van der Waals surface area contributed by atoms with Gasteiger partial charge in [0, 0.05) is 23.5 Å². The van der Waals surface area contributed by atoms with Crippen molar-refractivity contribution in [3.63, 3.8) is 0 Å². The number of rotatable bonds is 6. The minimum absolute atomic E-state index is 0.213. The quantitative estimate of drug-likeness (QED) is 0.825. The SMILES string of the molecule is Fc1cc(Cl)ccc1CC(CNC1CC1)c1ccccc1. The highest BCUT2D eigenvalue weighted by Gasteiger charge is 2.23. The first kappa shape index (κ1) is 14.6. The fraction of sp³-hybridized carbons (Fsp3) is 0.333. The molecule has 0 saturated heterocycles. The summed E-state index contributed by atoms with van der Waals surface area (Å²) in [6.07, 6.45) is 3.21. The molecule has 1 atom stereocenters. The van der Waals surface area contributed by atoms with Crippen LogP contribution in [-0.4, -0.2) is 12.6 Å². The third kappa shape index (κ3) is 4.05. The van der Waals surface area contributed by atoms with E-state index in [2.05, 4.69) is 17.4 Å². The second-order valence-electron chi connectivity index (χ2n) is 5.73. The van der Waals surface area contributed by atoms with Crippen LogP contribution < -0.4 is 5.32 Å². The van der Waals surface area contributed by atoms with Crippen LogP contribution in [0.2, 0.25) is 5.02 Å². The van der Waals surface area contributed by atoms with Gasteiger partial charge in [0.05, 0.1) is 0 Å². The van der Waals surface area contributed by atoms with Gasteiger partial charge in [-0.05, 0) is 42.5 Å². The Hall–Kier alpha value is -1.38. The number of hydrogen-bond acceptors (Lipinski definition) is 1. The molecule has 110 valence electrons. The minimum atomic E-state index is -0.213. The average molecular weight is 304 g/mol. The predicted octanol–water partition coefficient (Wildman–Crippen LogP) is 4.56. The summed E-state index contributed by atoms with van der Waals surface area (Å²) in [7, 11) is 0. The monoisotopic (exact) mass is 303 g/mol. The van der Waals surface area contributed by atoms with Gasteiger partial charge in [0.2, 0.25) is 0 Å². The summed E-state index contributed by atoms with van der Waals surface area (Å²) in [5.41, 5.74) is 1.98. The Bertz CT molecular complexity index is 595.